The minimum Gasteiger partial charge on any atom is -0.497 e. The van der Waals surface area contributed by atoms with Crippen LogP contribution in [0.4, 0.5) is 5.69 Å². The summed E-state index contributed by atoms with van der Waals surface area (Å²) < 4.78 is 15.4. The summed E-state index contributed by atoms with van der Waals surface area (Å²) in [6, 6.07) is 9.96. The highest BCUT2D eigenvalue weighted by Gasteiger charge is 2.18. The molecule has 0 aliphatic carbocycles. The van der Waals surface area contributed by atoms with E-state index in [1.54, 1.807) is 43.5 Å². The first kappa shape index (κ1) is 18.5. The van der Waals surface area contributed by atoms with E-state index in [1.165, 1.54) is 13.1 Å². The summed E-state index contributed by atoms with van der Waals surface area (Å²) in [5, 5.41) is 2.65. The fraction of sp³-hybridized carbons (Fsp3) is 0.235. The molecule has 1 amide bonds. The van der Waals surface area contributed by atoms with E-state index < -0.39 is 24.6 Å². The van der Waals surface area contributed by atoms with E-state index in [1.807, 2.05) is 0 Å². The summed E-state index contributed by atoms with van der Waals surface area (Å²) in [4.78, 5) is 27.5. The third-order valence-corrected chi connectivity index (χ3v) is 3.38. The summed E-state index contributed by atoms with van der Waals surface area (Å²) in [5.41, 5.74) is 0.341. The van der Waals surface area contributed by atoms with Gasteiger partial charge in [-0.2, -0.15) is 0 Å². The van der Waals surface area contributed by atoms with Crippen LogP contribution in [-0.2, 0) is 14.3 Å². The molecular formula is C17H17ClN2O5. The number of ether oxygens (including phenoxy) is 3. The summed E-state index contributed by atoms with van der Waals surface area (Å²) in [5.74, 6) is -0.0340. The molecule has 1 heterocycles. The fourth-order valence-corrected chi connectivity index (χ4v) is 1.99. The van der Waals surface area contributed by atoms with Crippen LogP contribution in [0, 0.1) is 0 Å². The Bertz CT molecular complexity index is 736. The third-order valence-electron chi connectivity index (χ3n) is 3.08. The average molecular weight is 365 g/mol. The summed E-state index contributed by atoms with van der Waals surface area (Å²) >= 11 is 5.83. The molecule has 132 valence electrons. The smallest absolute Gasteiger partial charge is 0.347 e. The number of halogens is 1. The van der Waals surface area contributed by atoms with Gasteiger partial charge in [0.05, 0.1) is 12.8 Å². The molecule has 7 nitrogen and oxygen atoms in total. The van der Waals surface area contributed by atoms with Gasteiger partial charge in [-0.3, -0.25) is 4.79 Å². The molecule has 0 spiro atoms. The standard InChI is InChI=1S/C17H17ClN2O5/c1-11(25-13-7-5-12(23-2)6-8-13)17(22)24-10-15(21)20-14-4-3-9-19-16(14)18/h3-9,11H,10H2,1-2H3,(H,20,21). The van der Waals surface area contributed by atoms with Gasteiger partial charge in [0.25, 0.3) is 5.91 Å². The minimum atomic E-state index is -0.872. The van der Waals surface area contributed by atoms with E-state index in [-0.39, 0.29) is 5.15 Å². The molecule has 1 aromatic carbocycles. The van der Waals surface area contributed by atoms with Crippen molar-refractivity contribution in [3.05, 3.63) is 47.7 Å². The van der Waals surface area contributed by atoms with Crippen LogP contribution < -0.4 is 14.8 Å². The van der Waals surface area contributed by atoms with Crippen molar-refractivity contribution in [2.45, 2.75) is 13.0 Å². The highest BCUT2D eigenvalue weighted by Crippen LogP contribution is 2.19. The number of methoxy groups -OCH3 is 1. The number of hydrogen-bond acceptors (Lipinski definition) is 6. The summed E-state index contributed by atoms with van der Waals surface area (Å²) in [6.07, 6.45) is 0.624. The van der Waals surface area contributed by atoms with E-state index in [4.69, 9.17) is 25.8 Å². The monoisotopic (exact) mass is 364 g/mol. The molecule has 2 aromatic rings. The molecule has 0 bridgehead atoms. The van der Waals surface area contributed by atoms with Gasteiger partial charge in [-0.05, 0) is 43.3 Å². The molecule has 1 unspecified atom stereocenters. The summed E-state index contributed by atoms with van der Waals surface area (Å²) in [7, 11) is 1.56. The lowest BCUT2D eigenvalue weighted by molar-refractivity contribution is -0.153. The number of hydrogen-bond donors (Lipinski definition) is 1. The lowest BCUT2D eigenvalue weighted by Gasteiger charge is -2.14. The van der Waals surface area contributed by atoms with E-state index in [9.17, 15) is 9.59 Å². The van der Waals surface area contributed by atoms with Gasteiger partial charge >= 0.3 is 5.97 Å². The van der Waals surface area contributed by atoms with E-state index in [0.29, 0.717) is 17.2 Å². The van der Waals surface area contributed by atoms with Crippen LogP contribution in [0.3, 0.4) is 0 Å². The number of carbonyl (C=O) groups excluding carboxylic acids is 2. The van der Waals surface area contributed by atoms with Crippen LogP contribution in [0.25, 0.3) is 0 Å². The Hall–Kier alpha value is -2.80. The van der Waals surface area contributed by atoms with Gasteiger partial charge in [0, 0.05) is 6.20 Å². The fourth-order valence-electron chi connectivity index (χ4n) is 1.83. The van der Waals surface area contributed by atoms with Crippen LogP contribution in [0.15, 0.2) is 42.6 Å². The van der Waals surface area contributed by atoms with Crippen LogP contribution >= 0.6 is 11.6 Å². The molecule has 25 heavy (non-hydrogen) atoms. The predicted octanol–water partition coefficient (Wildman–Crippen LogP) is 2.69. The van der Waals surface area contributed by atoms with Crippen molar-refractivity contribution in [1.29, 1.82) is 0 Å². The van der Waals surface area contributed by atoms with Crippen molar-refractivity contribution in [2.75, 3.05) is 19.0 Å². The van der Waals surface area contributed by atoms with Crippen LogP contribution in [0.2, 0.25) is 5.15 Å². The lowest BCUT2D eigenvalue weighted by Crippen LogP contribution is -2.29. The molecule has 8 heteroatoms. The van der Waals surface area contributed by atoms with Gasteiger partial charge in [0.1, 0.15) is 11.5 Å². The number of aromatic nitrogens is 1. The molecule has 2 rings (SSSR count). The van der Waals surface area contributed by atoms with Crippen molar-refractivity contribution in [3.63, 3.8) is 0 Å². The van der Waals surface area contributed by atoms with Gasteiger partial charge in [0.2, 0.25) is 0 Å². The number of nitrogens with zero attached hydrogens (tertiary/aromatic N) is 1. The van der Waals surface area contributed by atoms with Crippen LogP contribution in [0.5, 0.6) is 11.5 Å². The van der Waals surface area contributed by atoms with Gasteiger partial charge in [-0.25, -0.2) is 9.78 Å². The normalized spacial score (nSPS) is 11.3. The zero-order chi connectivity index (χ0) is 18.2. The largest absolute Gasteiger partial charge is 0.497 e. The Morgan fingerprint density at radius 3 is 2.52 bits per heavy atom. The summed E-state index contributed by atoms with van der Waals surface area (Å²) in [6.45, 7) is 1.07. The van der Waals surface area contributed by atoms with E-state index in [2.05, 4.69) is 10.3 Å². The predicted molar refractivity (Wildman–Crippen MR) is 91.9 cm³/mol. The van der Waals surface area contributed by atoms with Gasteiger partial charge in [-0.1, -0.05) is 11.6 Å². The Morgan fingerprint density at radius 2 is 1.88 bits per heavy atom. The van der Waals surface area contributed by atoms with Crippen LogP contribution in [-0.4, -0.2) is 36.7 Å². The molecule has 1 atom stereocenters. The molecule has 1 N–H and O–H groups in total. The second-order valence-corrected chi connectivity index (χ2v) is 5.29. The Balaban J connectivity index is 1.80. The van der Waals surface area contributed by atoms with Crippen molar-refractivity contribution in [2.24, 2.45) is 0 Å². The van der Waals surface area contributed by atoms with Crippen molar-refractivity contribution in [3.8, 4) is 11.5 Å². The number of nitrogens with one attached hydrogen (secondary N) is 1. The zero-order valence-electron chi connectivity index (χ0n) is 13.7. The molecule has 0 fully saturated rings. The number of benzene rings is 1. The van der Waals surface area contributed by atoms with Crippen molar-refractivity contribution < 1.29 is 23.8 Å². The Labute approximate surface area is 149 Å². The van der Waals surface area contributed by atoms with Crippen LogP contribution in [0.1, 0.15) is 6.92 Å². The van der Waals surface area contributed by atoms with Gasteiger partial charge in [0.15, 0.2) is 17.9 Å². The molecule has 0 saturated carbocycles. The second kappa shape index (κ2) is 8.89. The quantitative estimate of drug-likeness (QED) is 0.600. The molecule has 1 aromatic heterocycles. The lowest BCUT2D eigenvalue weighted by atomic mass is 10.3. The minimum absolute atomic E-state index is 0.151. The highest BCUT2D eigenvalue weighted by molar-refractivity contribution is 6.32. The van der Waals surface area contributed by atoms with E-state index in [0.717, 1.165) is 0 Å². The Morgan fingerprint density at radius 1 is 1.20 bits per heavy atom. The molecule has 0 saturated heterocycles. The number of anilines is 1. The number of pyridine rings is 1. The topological polar surface area (TPSA) is 86.8 Å². The Kier molecular flexibility index (Phi) is 6.59. The molecule has 0 aliphatic rings. The van der Waals surface area contributed by atoms with Crippen molar-refractivity contribution in [1.82, 2.24) is 4.98 Å². The SMILES string of the molecule is COc1ccc(OC(C)C(=O)OCC(=O)Nc2cccnc2Cl)cc1. The average Bonchev–Trinajstić information content (AvgIpc) is 2.62. The first-order valence-corrected chi connectivity index (χ1v) is 7.75. The number of carbonyl (C=O) groups is 2. The van der Waals surface area contributed by atoms with Gasteiger partial charge < -0.3 is 19.5 Å². The maximum atomic E-state index is 11.9. The first-order valence-electron chi connectivity index (χ1n) is 7.37. The van der Waals surface area contributed by atoms with E-state index >= 15 is 0 Å². The molecule has 0 radical (unpaired) electrons. The molecule has 0 aliphatic heterocycles. The zero-order valence-corrected chi connectivity index (χ0v) is 14.4. The number of rotatable bonds is 7. The number of amides is 1. The second-order valence-electron chi connectivity index (χ2n) is 4.93. The highest BCUT2D eigenvalue weighted by atomic mass is 35.5. The maximum Gasteiger partial charge on any atom is 0.347 e. The van der Waals surface area contributed by atoms with Gasteiger partial charge in [-0.15, -0.1) is 0 Å². The maximum absolute atomic E-state index is 11.9. The first-order chi connectivity index (χ1) is 12.0. The molecular weight excluding hydrogens is 348 g/mol. The number of esters is 1. The third kappa shape index (κ3) is 5.65. The van der Waals surface area contributed by atoms with Crippen molar-refractivity contribution >= 4 is 29.2 Å².